The zero-order valence-electron chi connectivity index (χ0n) is 19.8. The average molecular weight is 495 g/mol. The van der Waals surface area contributed by atoms with E-state index >= 15 is 0 Å². The van der Waals surface area contributed by atoms with Crippen LogP contribution in [0.25, 0.3) is 0 Å². The van der Waals surface area contributed by atoms with Gasteiger partial charge in [-0.15, -0.1) is 0 Å². The highest BCUT2D eigenvalue weighted by Gasteiger charge is 2.65. The van der Waals surface area contributed by atoms with Gasteiger partial charge in [0.1, 0.15) is 6.04 Å². The maximum atomic E-state index is 14.0. The number of methoxy groups -OCH3 is 1. The fraction of sp³-hybridized carbons (Fsp3) is 0.179. The van der Waals surface area contributed by atoms with Crippen LogP contribution in [0, 0.1) is 11.8 Å². The summed E-state index contributed by atoms with van der Waals surface area (Å²) < 4.78 is 4.88. The van der Waals surface area contributed by atoms with E-state index in [2.05, 4.69) is 10.4 Å². The lowest BCUT2D eigenvalue weighted by atomic mass is 9.85. The molecule has 0 radical (unpaired) electrons. The highest BCUT2D eigenvalue weighted by atomic mass is 16.5. The fourth-order valence-corrected chi connectivity index (χ4v) is 5.59. The van der Waals surface area contributed by atoms with Gasteiger partial charge in [-0.1, -0.05) is 54.6 Å². The van der Waals surface area contributed by atoms with Crippen molar-refractivity contribution >= 4 is 41.3 Å². The molecule has 3 aliphatic heterocycles. The number of nitrogens with one attached hydrogen (secondary N) is 1. The van der Waals surface area contributed by atoms with Gasteiger partial charge in [-0.25, -0.2) is 9.69 Å². The van der Waals surface area contributed by atoms with E-state index in [1.165, 1.54) is 19.2 Å². The van der Waals surface area contributed by atoms with Crippen molar-refractivity contribution in [2.24, 2.45) is 16.9 Å². The van der Waals surface area contributed by atoms with Crippen LogP contribution in [-0.2, 0) is 19.1 Å². The predicted molar refractivity (Wildman–Crippen MR) is 135 cm³/mol. The molecule has 3 aliphatic rings. The van der Waals surface area contributed by atoms with Crippen molar-refractivity contribution in [1.82, 2.24) is 5.01 Å². The molecule has 4 atom stereocenters. The van der Waals surface area contributed by atoms with Crippen molar-refractivity contribution in [3.8, 4) is 0 Å². The first kappa shape index (κ1) is 22.7. The third-order valence-corrected chi connectivity index (χ3v) is 7.15. The molecule has 37 heavy (non-hydrogen) atoms. The Morgan fingerprint density at radius 2 is 1.54 bits per heavy atom. The highest BCUT2D eigenvalue weighted by Crippen LogP contribution is 2.53. The Morgan fingerprint density at radius 3 is 2.32 bits per heavy atom. The van der Waals surface area contributed by atoms with Crippen LogP contribution in [0.1, 0.15) is 27.5 Å². The van der Waals surface area contributed by atoms with E-state index in [1.807, 2.05) is 30.3 Å². The van der Waals surface area contributed by atoms with Crippen molar-refractivity contribution < 1.29 is 23.9 Å². The molecule has 4 unspecified atom stereocenters. The van der Waals surface area contributed by atoms with Crippen molar-refractivity contribution in [3.05, 3.63) is 95.6 Å². The average Bonchev–Trinajstić information content (AvgIpc) is 3.41. The van der Waals surface area contributed by atoms with Gasteiger partial charge in [0.05, 0.1) is 42.5 Å². The third kappa shape index (κ3) is 3.42. The number of ether oxygens (including phenoxy) is 1. The molecule has 184 valence electrons. The second kappa shape index (κ2) is 8.70. The van der Waals surface area contributed by atoms with Crippen LogP contribution in [0.5, 0.6) is 0 Å². The number of hydrazone groups is 1. The Morgan fingerprint density at radius 1 is 0.865 bits per heavy atom. The summed E-state index contributed by atoms with van der Waals surface area (Å²) in [6, 6.07) is 21.1. The topological polar surface area (TPSA) is 108 Å². The summed E-state index contributed by atoms with van der Waals surface area (Å²) >= 11 is 0. The van der Waals surface area contributed by atoms with Gasteiger partial charge in [0.25, 0.3) is 0 Å². The van der Waals surface area contributed by atoms with E-state index in [1.54, 1.807) is 47.6 Å². The van der Waals surface area contributed by atoms with Crippen LogP contribution in [0.4, 0.5) is 11.4 Å². The summed E-state index contributed by atoms with van der Waals surface area (Å²) in [6.07, 6.45) is 1.65. The van der Waals surface area contributed by atoms with E-state index in [-0.39, 0.29) is 11.3 Å². The van der Waals surface area contributed by atoms with Gasteiger partial charge in [-0.3, -0.25) is 19.4 Å². The van der Waals surface area contributed by atoms with Gasteiger partial charge in [-0.05, 0) is 35.4 Å². The lowest BCUT2D eigenvalue weighted by Crippen LogP contribution is -2.46. The molecule has 0 aliphatic carbocycles. The lowest BCUT2D eigenvalue weighted by molar-refractivity contribution is -0.129. The first-order chi connectivity index (χ1) is 18.0. The number of hydrogen-bond donors (Lipinski definition) is 1. The van der Waals surface area contributed by atoms with Crippen LogP contribution >= 0.6 is 0 Å². The van der Waals surface area contributed by atoms with Crippen LogP contribution in [0.2, 0.25) is 0 Å². The molecule has 2 saturated heterocycles. The van der Waals surface area contributed by atoms with Crippen LogP contribution in [0.15, 0.2) is 84.0 Å². The quantitative estimate of drug-likeness (QED) is 0.441. The van der Waals surface area contributed by atoms with Gasteiger partial charge in [0.2, 0.25) is 17.7 Å². The summed E-state index contributed by atoms with van der Waals surface area (Å²) in [5.74, 6) is -4.02. The molecule has 9 nitrogen and oxygen atoms in total. The Labute approximate surface area is 212 Å². The number of carbonyl (C=O) groups excluding carboxylic acids is 4. The predicted octanol–water partition coefficient (Wildman–Crippen LogP) is 2.99. The van der Waals surface area contributed by atoms with Crippen molar-refractivity contribution in [3.63, 3.8) is 0 Å². The van der Waals surface area contributed by atoms with E-state index < -0.39 is 47.6 Å². The largest absolute Gasteiger partial charge is 0.465 e. The number of fused-ring (bicyclic) bond motifs is 5. The minimum atomic E-state index is -1.04. The molecular weight excluding hydrogens is 472 g/mol. The second-order valence-electron chi connectivity index (χ2n) is 9.07. The number of hydrogen-bond acceptors (Lipinski definition) is 7. The number of imide groups is 1. The van der Waals surface area contributed by atoms with Gasteiger partial charge >= 0.3 is 5.97 Å². The number of esters is 1. The molecule has 9 heteroatoms. The molecule has 1 N–H and O–H groups in total. The number of amides is 3. The first-order valence-electron chi connectivity index (χ1n) is 11.8. The number of carbonyl (C=O) groups is 4. The van der Waals surface area contributed by atoms with Crippen LogP contribution in [0.3, 0.4) is 0 Å². The Balaban J connectivity index is 1.46. The maximum absolute atomic E-state index is 14.0. The molecular formula is C28H22N4O5. The van der Waals surface area contributed by atoms with E-state index in [0.717, 1.165) is 16.0 Å². The van der Waals surface area contributed by atoms with Gasteiger partial charge in [0.15, 0.2) is 0 Å². The van der Waals surface area contributed by atoms with Gasteiger partial charge in [0, 0.05) is 5.69 Å². The van der Waals surface area contributed by atoms with Gasteiger partial charge < -0.3 is 10.1 Å². The Hall–Kier alpha value is -4.79. The molecule has 3 heterocycles. The minimum absolute atomic E-state index is 0.0934. The number of rotatable bonds is 4. The Kier molecular flexibility index (Phi) is 5.33. The maximum Gasteiger partial charge on any atom is 0.339 e. The standard InChI is InChI=1S/C28H22N4O5/c1-37-28(36)19-13-7-8-14-20(19)31-26(34)21-22(27(31)35)24(25(33)30-17-10-3-2-4-11-17)32-23(21)18-12-6-5-9-16(18)15-29-32/h2-15,21-24H,1H3,(H,30,33). The summed E-state index contributed by atoms with van der Waals surface area (Å²) in [6.45, 7) is 0. The molecule has 2 fully saturated rings. The summed E-state index contributed by atoms with van der Waals surface area (Å²) in [7, 11) is 1.24. The molecule has 0 spiro atoms. The first-order valence-corrected chi connectivity index (χ1v) is 11.8. The zero-order chi connectivity index (χ0) is 25.7. The number of para-hydroxylation sites is 2. The van der Waals surface area contributed by atoms with E-state index in [9.17, 15) is 19.2 Å². The minimum Gasteiger partial charge on any atom is -0.465 e. The van der Waals surface area contributed by atoms with Gasteiger partial charge in [-0.2, -0.15) is 5.10 Å². The zero-order valence-corrected chi connectivity index (χ0v) is 19.8. The van der Waals surface area contributed by atoms with E-state index in [0.29, 0.717) is 5.69 Å². The molecule has 3 aromatic carbocycles. The molecule has 0 bridgehead atoms. The lowest BCUT2D eigenvalue weighted by Gasteiger charge is -2.33. The second-order valence-corrected chi connectivity index (χ2v) is 9.07. The van der Waals surface area contributed by atoms with E-state index in [4.69, 9.17) is 4.74 Å². The normalized spacial score (nSPS) is 23.4. The monoisotopic (exact) mass is 494 g/mol. The molecule has 0 saturated carbocycles. The summed E-state index contributed by atoms with van der Waals surface area (Å²) in [5.41, 5.74) is 2.43. The van der Waals surface area contributed by atoms with Crippen LogP contribution in [-0.4, -0.2) is 48.1 Å². The molecule has 6 rings (SSSR count). The molecule has 3 aromatic rings. The SMILES string of the molecule is COC(=O)c1ccccc1N1C(=O)C2C(C1=O)C1c3ccccc3C=NN1C2C(=O)Nc1ccccc1. The van der Waals surface area contributed by atoms with Crippen molar-refractivity contribution in [1.29, 1.82) is 0 Å². The van der Waals surface area contributed by atoms with Crippen molar-refractivity contribution in [2.45, 2.75) is 12.1 Å². The number of anilines is 2. The fourth-order valence-electron chi connectivity index (χ4n) is 5.59. The highest BCUT2D eigenvalue weighted by molar-refractivity contribution is 6.26. The number of nitrogens with zero attached hydrogens (tertiary/aromatic N) is 3. The van der Waals surface area contributed by atoms with Crippen LogP contribution < -0.4 is 10.2 Å². The summed E-state index contributed by atoms with van der Waals surface area (Å²) in [5, 5.41) is 8.99. The molecule has 0 aromatic heterocycles. The summed E-state index contributed by atoms with van der Waals surface area (Å²) in [4.78, 5) is 55.1. The third-order valence-electron chi connectivity index (χ3n) is 7.15. The molecule has 3 amide bonds. The number of benzene rings is 3. The smallest absolute Gasteiger partial charge is 0.339 e. The van der Waals surface area contributed by atoms with Crippen molar-refractivity contribution in [2.75, 3.05) is 17.3 Å². The Bertz CT molecular complexity index is 1470.